The third-order valence-electron chi connectivity index (χ3n) is 6.66. The molecule has 2 aromatic heterocycles. The molecule has 38 heavy (non-hydrogen) atoms. The first-order valence-corrected chi connectivity index (χ1v) is 13.0. The average Bonchev–Trinajstić information content (AvgIpc) is 3.62. The lowest BCUT2D eigenvalue weighted by Crippen LogP contribution is -2.63. The first-order valence-electron chi connectivity index (χ1n) is 12.1. The van der Waals surface area contributed by atoms with Gasteiger partial charge in [0.25, 0.3) is 5.91 Å². The number of methoxy groups -OCH3 is 1. The molecule has 11 heteroatoms. The second-order valence-corrected chi connectivity index (χ2v) is 10.1. The highest BCUT2D eigenvalue weighted by molar-refractivity contribution is 7.10. The highest BCUT2D eigenvalue weighted by atomic mass is 32.1. The zero-order valence-electron chi connectivity index (χ0n) is 21.1. The highest BCUT2D eigenvalue weighted by Crippen LogP contribution is 2.38. The number of carboxylic acids is 1. The zero-order valence-corrected chi connectivity index (χ0v) is 21.9. The van der Waals surface area contributed by atoms with Crippen LogP contribution < -0.4 is 10.2 Å². The lowest BCUT2D eigenvalue weighted by atomic mass is 9.84. The maximum atomic E-state index is 13.8. The largest absolute Gasteiger partial charge is 0.481 e. The third-order valence-corrected chi connectivity index (χ3v) is 7.65. The van der Waals surface area contributed by atoms with Crippen molar-refractivity contribution in [2.24, 2.45) is 0 Å². The Bertz CT molecular complexity index is 1280. The predicted octanol–water partition coefficient (Wildman–Crippen LogP) is 3.82. The molecule has 0 spiro atoms. The summed E-state index contributed by atoms with van der Waals surface area (Å²) in [6, 6.07) is 13.4. The van der Waals surface area contributed by atoms with E-state index in [1.807, 2.05) is 16.3 Å². The number of carbonyl (C=O) groups excluding carboxylic acids is 3. The van der Waals surface area contributed by atoms with Crippen LogP contribution >= 0.6 is 11.3 Å². The number of nitrogens with zero attached hydrogens (tertiary/aromatic N) is 2. The number of rotatable bonds is 9. The molecule has 0 bridgehead atoms. The molecule has 1 unspecified atom stereocenters. The minimum Gasteiger partial charge on any atom is -0.481 e. The van der Waals surface area contributed by atoms with Crippen molar-refractivity contribution in [2.75, 3.05) is 37.0 Å². The standard InChI is InChI=1S/C27H29N3O7S/c1-18(31)28-19-6-3-7-20(16-19)30(24(32)22-8-4-14-37-22)27(26(35)36-2)10-12-29(13-11-27)17-21(25(33)34)23-9-5-15-38-23/h3-9,14-16,21H,10-13,17H2,1-2H3,(H,28,31)(H,33,34). The Hall–Kier alpha value is -3.96. The van der Waals surface area contributed by atoms with Crippen LogP contribution in [-0.4, -0.2) is 66.0 Å². The minimum absolute atomic E-state index is 0.0456. The second-order valence-electron chi connectivity index (χ2n) is 9.08. The van der Waals surface area contributed by atoms with Gasteiger partial charge in [0.2, 0.25) is 5.91 Å². The van der Waals surface area contributed by atoms with Crippen molar-refractivity contribution < 1.29 is 33.4 Å². The molecule has 3 heterocycles. The maximum absolute atomic E-state index is 13.8. The van der Waals surface area contributed by atoms with E-state index in [1.165, 1.54) is 42.6 Å². The molecule has 1 fully saturated rings. The Balaban J connectivity index is 1.68. The van der Waals surface area contributed by atoms with Crippen molar-refractivity contribution in [3.8, 4) is 0 Å². The summed E-state index contributed by atoms with van der Waals surface area (Å²) in [6.07, 6.45) is 1.78. The molecule has 0 aliphatic carbocycles. The smallest absolute Gasteiger partial charge is 0.332 e. The first-order chi connectivity index (χ1) is 18.2. The molecule has 2 N–H and O–H groups in total. The van der Waals surface area contributed by atoms with Gasteiger partial charge in [0.1, 0.15) is 11.5 Å². The number of hydrogen-bond acceptors (Lipinski definition) is 8. The van der Waals surface area contributed by atoms with Gasteiger partial charge in [0, 0.05) is 42.8 Å². The van der Waals surface area contributed by atoms with Crippen LogP contribution in [0.3, 0.4) is 0 Å². The summed E-state index contributed by atoms with van der Waals surface area (Å²) in [4.78, 5) is 55.0. The predicted molar refractivity (Wildman–Crippen MR) is 141 cm³/mol. The van der Waals surface area contributed by atoms with Crippen LogP contribution in [0.4, 0.5) is 11.4 Å². The Morgan fingerprint density at radius 2 is 1.92 bits per heavy atom. The molecular formula is C27H29N3O7S. The highest BCUT2D eigenvalue weighted by Gasteiger charge is 2.51. The van der Waals surface area contributed by atoms with Gasteiger partial charge in [-0.1, -0.05) is 12.1 Å². The topological polar surface area (TPSA) is 129 Å². The number of anilines is 2. The fraction of sp³-hybridized carbons (Fsp3) is 0.333. The monoisotopic (exact) mass is 539 g/mol. The molecule has 1 aliphatic heterocycles. The fourth-order valence-corrected chi connectivity index (χ4v) is 5.66. The van der Waals surface area contributed by atoms with Gasteiger partial charge in [-0.3, -0.25) is 19.3 Å². The Morgan fingerprint density at radius 3 is 2.50 bits per heavy atom. The number of thiophene rings is 1. The van der Waals surface area contributed by atoms with Gasteiger partial charge >= 0.3 is 11.9 Å². The summed E-state index contributed by atoms with van der Waals surface area (Å²) in [5.41, 5.74) is -0.533. The molecule has 4 rings (SSSR count). The van der Waals surface area contributed by atoms with Crippen LogP contribution in [0.5, 0.6) is 0 Å². The molecule has 0 saturated carbocycles. The van der Waals surface area contributed by atoms with Crippen molar-refractivity contribution >= 4 is 46.5 Å². The van der Waals surface area contributed by atoms with Crippen molar-refractivity contribution in [3.63, 3.8) is 0 Å². The van der Waals surface area contributed by atoms with Crippen LogP contribution in [0.1, 0.15) is 41.1 Å². The molecule has 0 radical (unpaired) electrons. The molecule has 1 atom stereocenters. The molecule has 1 aliphatic rings. The lowest BCUT2D eigenvalue weighted by molar-refractivity contribution is -0.149. The van der Waals surface area contributed by atoms with Gasteiger partial charge in [-0.2, -0.15) is 0 Å². The summed E-state index contributed by atoms with van der Waals surface area (Å²) in [7, 11) is 1.27. The number of benzene rings is 1. The third kappa shape index (κ3) is 5.63. The molecule has 1 saturated heterocycles. The SMILES string of the molecule is COC(=O)C1(N(C(=O)c2ccco2)c2cccc(NC(C)=O)c2)CCN(CC(C(=O)O)c2cccs2)CC1. The maximum Gasteiger partial charge on any atom is 0.332 e. The first kappa shape index (κ1) is 27.1. The van der Waals surface area contributed by atoms with E-state index in [0.717, 1.165) is 4.88 Å². The van der Waals surface area contributed by atoms with E-state index in [4.69, 9.17) is 9.15 Å². The van der Waals surface area contributed by atoms with E-state index in [-0.39, 0.29) is 31.1 Å². The van der Waals surface area contributed by atoms with Crippen molar-refractivity contribution in [1.82, 2.24) is 4.90 Å². The molecule has 3 aromatic rings. The van der Waals surface area contributed by atoms with Gasteiger partial charge in [0.15, 0.2) is 5.76 Å². The Kier molecular flexibility index (Phi) is 8.28. The number of amides is 2. The van der Waals surface area contributed by atoms with Gasteiger partial charge in [0.05, 0.1) is 13.4 Å². The van der Waals surface area contributed by atoms with Crippen molar-refractivity contribution in [2.45, 2.75) is 31.2 Å². The number of furan rings is 1. The summed E-state index contributed by atoms with van der Waals surface area (Å²) in [5, 5.41) is 14.4. The summed E-state index contributed by atoms with van der Waals surface area (Å²) < 4.78 is 10.6. The molecule has 10 nitrogen and oxygen atoms in total. The van der Waals surface area contributed by atoms with Crippen LogP contribution in [-0.2, 0) is 19.1 Å². The van der Waals surface area contributed by atoms with E-state index in [0.29, 0.717) is 24.5 Å². The van der Waals surface area contributed by atoms with E-state index in [1.54, 1.807) is 36.4 Å². The summed E-state index contributed by atoms with van der Waals surface area (Å²) in [6.45, 7) is 2.37. The summed E-state index contributed by atoms with van der Waals surface area (Å²) in [5.74, 6) is -2.96. The normalized spacial score (nSPS) is 15.8. The molecular weight excluding hydrogens is 510 g/mol. The number of carbonyl (C=O) groups is 4. The second kappa shape index (κ2) is 11.6. The molecule has 200 valence electrons. The number of esters is 1. The average molecular weight is 540 g/mol. The van der Waals surface area contributed by atoms with Crippen LogP contribution in [0.15, 0.2) is 64.6 Å². The number of hydrogen-bond donors (Lipinski definition) is 2. The van der Waals surface area contributed by atoms with Crippen molar-refractivity contribution in [1.29, 1.82) is 0 Å². The Morgan fingerprint density at radius 1 is 1.16 bits per heavy atom. The number of ether oxygens (including phenoxy) is 1. The van der Waals surface area contributed by atoms with Gasteiger partial charge in [-0.05, 0) is 54.6 Å². The lowest BCUT2D eigenvalue weighted by Gasteiger charge is -2.46. The van der Waals surface area contributed by atoms with Gasteiger partial charge < -0.3 is 24.5 Å². The van der Waals surface area contributed by atoms with Gasteiger partial charge in [-0.25, -0.2) is 4.79 Å². The van der Waals surface area contributed by atoms with Crippen LogP contribution in [0.25, 0.3) is 0 Å². The zero-order chi connectivity index (χ0) is 27.3. The van der Waals surface area contributed by atoms with Gasteiger partial charge in [-0.15, -0.1) is 11.3 Å². The van der Waals surface area contributed by atoms with E-state index in [2.05, 4.69) is 5.32 Å². The molecule has 2 amide bonds. The number of piperidine rings is 1. The number of aliphatic carboxylic acids is 1. The number of likely N-dealkylation sites (tertiary alicyclic amines) is 1. The van der Waals surface area contributed by atoms with Crippen LogP contribution in [0, 0.1) is 0 Å². The number of carboxylic acid groups (broad SMARTS) is 1. The van der Waals surface area contributed by atoms with E-state index >= 15 is 0 Å². The summed E-state index contributed by atoms with van der Waals surface area (Å²) >= 11 is 1.39. The van der Waals surface area contributed by atoms with Crippen molar-refractivity contribution in [3.05, 3.63) is 70.8 Å². The number of nitrogens with one attached hydrogen (secondary N) is 1. The van der Waals surface area contributed by atoms with E-state index < -0.39 is 29.3 Å². The molecule has 1 aromatic carbocycles. The Labute approximate surface area is 223 Å². The van der Waals surface area contributed by atoms with Crippen LogP contribution in [0.2, 0.25) is 0 Å². The fourth-order valence-electron chi connectivity index (χ4n) is 4.85. The quantitative estimate of drug-likeness (QED) is 0.393. The minimum atomic E-state index is -1.38. The van der Waals surface area contributed by atoms with E-state index in [9.17, 15) is 24.3 Å².